The smallest absolute Gasteiger partial charge is 0.251 e. The number of hydrogen-bond donors (Lipinski definition) is 2. The summed E-state index contributed by atoms with van der Waals surface area (Å²) >= 11 is 0. The molecular weight excluding hydrogens is 378 g/mol. The minimum atomic E-state index is -3.56. The summed E-state index contributed by atoms with van der Waals surface area (Å²) in [5.74, 6) is -0.214. The molecule has 1 heterocycles. The van der Waals surface area contributed by atoms with E-state index in [1.165, 1.54) is 50.4 Å². The number of sulfonamides is 1. The summed E-state index contributed by atoms with van der Waals surface area (Å²) in [6.45, 7) is 4.12. The van der Waals surface area contributed by atoms with E-state index in [2.05, 4.69) is 5.32 Å². The Morgan fingerprint density at radius 2 is 1.86 bits per heavy atom. The molecule has 8 heteroatoms. The number of quaternary nitrogens is 1. The largest absolute Gasteiger partial charge is 0.370 e. The van der Waals surface area contributed by atoms with Gasteiger partial charge in [-0.2, -0.15) is 0 Å². The molecule has 1 amide bonds. The molecule has 3 rings (SSSR count). The van der Waals surface area contributed by atoms with Crippen LogP contribution in [0.25, 0.3) is 0 Å². The Bertz CT molecular complexity index is 782. The number of amides is 1. The van der Waals surface area contributed by atoms with Gasteiger partial charge in [0.1, 0.15) is 18.6 Å². The standard InChI is InChI=1S/C20H31N3O4S/c1-22(2)28(25,26)18-8-6-7-17(15-18)19(24)21-16-20(9-4-3-5-10-20)23-11-13-27-14-12-23/h6-8,15H,3-5,9-14,16H2,1-2H3,(H,21,24)/p+1. The van der Waals surface area contributed by atoms with E-state index in [9.17, 15) is 13.2 Å². The molecule has 0 aromatic heterocycles. The van der Waals surface area contributed by atoms with E-state index >= 15 is 0 Å². The summed E-state index contributed by atoms with van der Waals surface area (Å²) in [6, 6.07) is 6.26. The summed E-state index contributed by atoms with van der Waals surface area (Å²) < 4.78 is 31.4. The minimum Gasteiger partial charge on any atom is -0.370 e. The van der Waals surface area contributed by atoms with Crippen molar-refractivity contribution in [2.24, 2.45) is 0 Å². The first kappa shape index (κ1) is 21.2. The fraction of sp³-hybridized carbons (Fsp3) is 0.650. The van der Waals surface area contributed by atoms with Crippen LogP contribution in [0.1, 0.15) is 42.5 Å². The summed E-state index contributed by atoms with van der Waals surface area (Å²) in [5.41, 5.74) is 0.441. The van der Waals surface area contributed by atoms with Crippen LogP contribution in [0.2, 0.25) is 0 Å². The molecule has 1 aliphatic carbocycles. The summed E-state index contributed by atoms with van der Waals surface area (Å²) in [6.07, 6.45) is 5.85. The second-order valence-corrected chi connectivity index (χ2v) is 10.2. The van der Waals surface area contributed by atoms with Gasteiger partial charge in [-0.15, -0.1) is 0 Å². The maximum Gasteiger partial charge on any atom is 0.251 e. The van der Waals surface area contributed by atoms with Crippen LogP contribution in [0.15, 0.2) is 29.2 Å². The lowest BCUT2D eigenvalue weighted by atomic mass is 9.79. The molecular formula is C20H32N3O4S+. The molecule has 1 saturated heterocycles. The highest BCUT2D eigenvalue weighted by Crippen LogP contribution is 2.25. The molecule has 1 saturated carbocycles. The Balaban J connectivity index is 1.73. The predicted molar refractivity (Wildman–Crippen MR) is 107 cm³/mol. The Morgan fingerprint density at radius 1 is 1.18 bits per heavy atom. The van der Waals surface area contributed by atoms with Gasteiger partial charge in [-0.05, 0) is 31.0 Å². The third-order valence-electron chi connectivity index (χ3n) is 6.12. The van der Waals surface area contributed by atoms with Crippen molar-refractivity contribution in [2.45, 2.75) is 42.5 Å². The second-order valence-electron chi connectivity index (χ2n) is 8.05. The number of nitrogens with one attached hydrogen (secondary N) is 2. The van der Waals surface area contributed by atoms with Gasteiger partial charge in [0.2, 0.25) is 10.0 Å². The molecule has 2 N–H and O–H groups in total. The molecule has 1 aromatic rings. The normalized spacial score (nSPS) is 20.8. The van der Waals surface area contributed by atoms with Gasteiger partial charge in [-0.25, -0.2) is 12.7 Å². The number of nitrogens with zero attached hydrogens (tertiary/aromatic N) is 1. The van der Waals surface area contributed by atoms with E-state index < -0.39 is 10.0 Å². The van der Waals surface area contributed by atoms with Crippen LogP contribution in [0.3, 0.4) is 0 Å². The van der Waals surface area contributed by atoms with Crippen molar-refractivity contribution < 1.29 is 22.8 Å². The van der Waals surface area contributed by atoms with E-state index in [1.807, 2.05) is 0 Å². The molecule has 0 radical (unpaired) electrons. The van der Waals surface area contributed by atoms with E-state index in [-0.39, 0.29) is 16.3 Å². The Labute approximate surface area is 168 Å². The molecule has 2 aliphatic rings. The molecule has 28 heavy (non-hydrogen) atoms. The molecule has 1 aromatic carbocycles. The molecule has 7 nitrogen and oxygen atoms in total. The average molecular weight is 411 g/mol. The van der Waals surface area contributed by atoms with Crippen LogP contribution in [-0.2, 0) is 14.8 Å². The fourth-order valence-electron chi connectivity index (χ4n) is 4.39. The van der Waals surface area contributed by atoms with E-state index in [1.54, 1.807) is 12.1 Å². The number of ether oxygens (including phenoxy) is 1. The highest BCUT2D eigenvalue weighted by Gasteiger charge is 2.42. The SMILES string of the molecule is CN(C)S(=O)(=O)c1cccc(C(=O)NCC2([NH+]3CCOCC3)CCCCC2)c1. The third kappa shape index (κ3) is 4.56. The zero-order valence-electron chi connectivity index (χ0n) is 16.9. The first-order valence-electron chi connectivity index (χ1n) is 10.1. The van der Waals surface area contributed by atoms with Gasteiger partial charge in [0.25, 0.3) is 5.91 Å². The van der Waals surface area contributed by atoms with Gasteiger partial charge in [-0.3, -0.25) is 4.79 Å². The first-order valence-corrected chi connectivity index (χ1v) is 11.5. The highest BCUT2D eigenvalue weighted by atomic mass is 32.2. The van der Waals surface area contributed by atoms with Gasteiger partial charge in [-0.1, -0.05) is 12.5 Å². The monoisotopic (exact) mass is 410 g/mol. The van der Waals surface area contributed by atoms with Gasteiger partial charge in [0.05, 0.1) is 24.7 Å². The van der Waals surface area contributed by atoms with E-state index in [4.69, 9.17) is 4.74 Å². The zero-order valence-corrected chi connectivity index (χ0v) is 17.7. The van der Waals surface area contributed by atoms with Crippen LogP contribution in [0.5, 0.6) is 0 Å². The predicted octanol–water partition coefficient (Wildman–Crippen LogP) is 0.285. The number of benzene rings is 1. The van der Waals surface area contributed by atoms with Crippen molar-refractivity contribution in [3.8, 4) is 0 Å². The van der Waals surface area contributed by atoms with Crippen molar-refractivity contribution in [3.05, 3.63) is 29.8 Å². The number of morpholine rings is 1. The Hall–Kier alpha value is -1.48. The van der Waals surface area contributed by atoms with Gasteiger partial charge >= 0.3 is 0 Å². The Kier molecular flexibility index (Phi) is 6.75. The summed E-state index contributed by atoms with van der Waals surface area (Å²) in [4.78, 5) is 14.5. The molecule has 0 atom stereocenters. The lowest BCUT2D eigenvalue weighted by Crippen LogP contribution is -3.23. The summed E-state index contributed by atoms with van der Waals surface area (Å²) in [5, 5.41) is 3.11. The quantitative estimate of drug-likeness (QED) is 0.706. The summed E-state index contributed by atoms with van der Waals surface area (Å²) in [7, 11) is -0.590. The number of carbonyl (C=O) groups is 1. The fourth-order valence-corrected chi connectivity index (χ4v) is 5.34. The molecule has 1 aliphatic heterocycles. The van der Waals surface area contributed by atoms with Crippen LogP contribution in [-0.4, -0.2) is 71.1 Å². The van der Waals surface area contributed by atoms with E-state index in [0.717, 1.165) is 43.5 Å². The van der Waals surface area contributed by atoms with Crippen molar-refractivity contribution in [2.75, 3.05) is 46.9 Å². The molecule has 156 valence electrons. The van der Waals surface area contributed by atoms with Gasteiger partial charge < -0.3 is 15.0 Å². The topological polar surface area (TPSA) is 80.2 Å². The third-order valence-corrected chi connectivity index (χ3v) is 7.93. The molecule has 2 fully saturated rings. The molecule has 0 unspecified atom stereocenters. The lowest BCUT2D eigenvalue weighted by Gasteiger charge is -2.45. The zero-order chi connectivity index (χ0) is 20.2. The van der Waals surface area contributed by atoms with Crippen molar-refractivity contribution in [1.82, 2.24) is 9.62 Å². The number of carbonyl (C=O) groups excluding carboxylic acids is 1. The van der Waals surface area contributed by atoms with Crippen LogP contribution < -0.4 is 10.2 Å². The maximum atomic E-state index is 12.8. The van der Waals surface area contributed by atoms with Crippen molar-refractivity contribution in [1.29, 1.82) is 0 Å². The Morgan fingerprint density at radius 3 is 2.50 bits per heavy atom. The van der Waals surface area contributed by atoms with E-state index in [0.29, 0.717) is 12.1 Å². The molecule has 0 bridgehead atoms. The highest BCUT2D eigenvalue weighted by molar-refractivity contribution is 7.89. The van der Waals surface area contributed by atoms with Crippen LogP contribution >= 0.6 is 0 Å². The lowest BCUT2D eigenvalue weighted by molar-refractivity contribution is -0.960. The first-order chi connectivity index (χ1) is 13.3. The van der Waals surface area contributed by atoms with Crippen LogP contribution in [0, 0.1) is 0 Å². The second kappa shape index (κ2) is 8.90. The van der Waals surface area contributed by atoms with Crippen molar-refractivity contribution >= 4 is 15.9 Å². The molecule has 0 spiro atoms. The van der Waals surface area contributed by atoms with Gasteiger partial charge in [0.15, 0.2) is 0 Å². The number of hydrogen-bond acceptors (Lipinski definition) is 4. The van der Waals surface area contributed by atoms with Crippen LogP contribution in [0.4, 0.5) is 0 Å². The van der Waals surface area contributed by atoms with Crippen molar-refractivity contribution in [3.63, 3.8) is 0 Å². The average Bonchev–Trinajstić information content (AvgIpc) is 2.73. The number of rotatable bonds is 6. The van der Waals surface area contributed by atoms with Gasteiger partial charge in [0, 0.05) is 32.5 Å². The minimum absolute atomic E-state index is 0.0605. The maximum absolute atomic E-state index is 12.8.